The molecule has 0 saturated carbocycles. The number of carbonyl (C=O) groups is 2. The summed E-state index contributed by atoms with van der Waals surface area (Å²) < 4.78 is 1.25. The molecule has 7 nitrogen and oxygen atoms in total. The van der Waals surface area contributed by atoms with Gasteiger partial charge in [-0.05, 0) is 19.1 Å². The van der Waals surface area contributed by atoms with Crippen molar-refractivity contribution in [3.63, 3.8) is 0 Å². The number of nitrogens with two attached hydrogens (primary N) is 2. The molecule has 0 aliphatic rings. The van der Waals surface area contributed by atoms with Gasteiger partial charge in [0.05, 0.1) is 5.69 Å². The van der Waals surface area contributed by atoms with Crippen molar-refractivity contribution in [2.24, 2.45) is 11.5 Å². The Labute approximate surface area is 109 Å². The smallest absolute Gasteiger partial charge is 0.324 e. The summed E-state index contributed by atoms with van der Waals surface area (Å²) in [6, 6.07) is 5.72. The molecule has 0 radical (unpaired) electrons. The van der Waals surface area contributed by atoms with Crippen LogP contribution in [0.4, 0.5) is 15.3 Å². The largest absolute Gasteiger partial charge is 0.351 e. The minimum absolute atomic E-state index is 0.496. The molecular formula is C12H13N5O2. The highest BCUT2D eigenvalue weighted by Crippen LogP contribution is 2.21. The lowest BCUT2D eigenvalue weighted by molar-refractivity contribution is 0.250. The van der Waals surface area contributed by atoms with E-state index in [0.29, 0.717) is 17.2 Å². The fourth-order valence-corrected chi connectivity index (χ4v) is 1.73. The van der Waals surface area contributed by atoms with Crippen LogP contribution in [0, 0.1) is 6.92 Å². The maximum atomic E-state index is 11.2. The summed E-state index contributed by atoms with van der Waals surface area (Å²) in [6.45, 7) is 1.68. The van der Waals surface area contributed by atoms with Crippen LogP contribution < -0.4 is 16.8 Å². The number of nitrogens with zero attached hydrogens (tertiary/aromatic N) is 2. The normalized spacial score (nSPS) is 10.2. The number of aryl methyl sites for hydroxylation is 1. The second-order valence-electron chi connectivity index (χ2n) is 3.95. The van der Waals surface area contributed by atoms with Crippen molar-refractivity contribution in [3.8, 4) is 11.3 Å². The number of carbonyl (C=O) groups excluding carboxylic acids is 2. The third kappa shape index (κ3) is 2.71. The Kier molecular flexibility index (Phi) is 3.19. The Balaban J connectivity index is 2.39. The molecule has 0 atom stereocenters. The summed E-state index contributed by atoms with van der Waals surface area (Å²) in [5.74, 6) is 0.496. The fraction of sp³-hybridized carbons (Fsp3) is 0.0833. The number of hydrogen-bond donors (Lipinski definition) is 3. The van der Waals surface area contributed by atoms with E-state index in [0.717, 1.165) is 5.56 Å². The Morgan fingerprint density at radius 1 is 1.32 bits per heavy atom. The maximum absolute atomic E-state index is 11.2. The highest BCUT2D eigenvalue weighted by Gasteiger charge is 2.10. The molecule has 0 unspecified atom stereocenters. The van der Waals surface area contributed by atoms with Crippen LogP contribution in [0.2, 0.25) is 0 Å². The molecule has 0 fully saturated rings. The van der Waals surface area contributed by atoms with E-state index < -0.39 is 12.1 Å². The van der Waals surface area contributed by atoms with E-state index in [2.05, 4.69) is 10.3 Å². The number of anilines is 1. The second kappa shape index (κ2) is 4.81. The molecule has 0 spiro atoms. The third-order valence-electron chi connectivity index (χ3n) is 2.55. The van der Waals surface area contributed by atoms with E-state index >= 15 is 0 Å². The summed E-state index contributed by atoms with van der Waals surface area (Å²) in [7, 11) is 0. The van der Waals surface area contributed by atoms with Gasteiger partial charge >= 0.3 is 12.1 Å². The highest BCUT2D eigenvalue weighted by molar-refractivity contribution is 5.88. The lowest BCUT2D eigenvalue weighted by atomic mass is 10.1. The first-order chi connectivity index (χ1) is 8.97. The maximum Gasteiger partial charge on any atom is 0.324 e. The molecule has 7 heteroatoms. The minimum atomic E-state index is -0.643. The monoisotopic (exact) mass is 259 g/mol. The Bertz CT molecular complexity index is 647. The first-order valence-corrected chi connectivity index (χ1v) is 5.50. The summed E-state index contributed by atoms with van der Waals surface area (Å²) in [5, 5.41) is 2.47. The first-order valence-electron chi connectivity index (χ1n) is 5.50. The minimum Gasteiger partial charge on any atom is -0.351 e. The molecule has 0 aliphatic heterocycles. The van der Waals surface area contributed by atoms with Crippen LogP contribution in [-0.4, -0.2) is 21.6 Å². The molecular weight excluding hydrogens is 246 g/mol. The Morgan fingerprint density at radius 2 is 2.05 bits per heavy atom. The topological polar surface area (TPSA) is 116 Å². The van der Waals surface area contributed by atoms with Crippen LogP contribution in [0.15, 0.2) is 30.5 Å². The number of nitrogens with one attached hydrogen (secondary N) is 1. The van der Waals surface area contributed by atoms with Crippen molar-refractivity contribution >= 4 is 17.7 Å². The molecule has 1 heterocycles. The van der Waals surface area contributed by atoms with Gasteiger partial charge in [-0.25, -0.2) is 14.6 Å². The summed E-state index contributed by atoms with van der Waals surface area (Å²) >= 11 is 0. The van der Waals surface area contributed by atoms with Crippen LogP contribution in [0.5, 0.6) is 0 Å². The number of primary amides is 2. The number of hydrogen-bond acceptors (Lipinski definition) is 3. The van der Waals surface area contributed by atoms with Crippen molar-refractivity contribution in [1.29, 1.82) is 0 Å². The number of imidazole rings is 1. The zero-order chi connectivity index (χ0) is 14.0. The molecule has 19 heavy (non-hydrogen) atoms. The quantitative estimate of drug-likeness (QED) is 0.754. The Morgan fingerprint density at radius 3 is 2.63 bits per heavy atom. The van der Waals surface area contributed by atoms with Crippen molar-refractivity contribution in [2.45, 2.75) is 6.92 Å². The van der Waals surface area contributed by atoms with Gasteiger partial charge in [-0.2, -0.15) is 0 Å². The molecule has 1 aromatic carbocycles. The van der Waals surface area contributed by atoms with Crippen molar-refractivity contribution in [2.75, 3.05) is 5.32 Å². The van der Waals surface area contributed by atoms with Crippen LogP contribution in [0.25, 0.3) is 11.3 Å². The van der Waals surface area contributed by atoms with Crippen molar-refractivity contribution in [3.05, 3.63) is 36.3 Å². The van der Waals surface area contributed by atoms with E-state index in [1.807, 2.05) is 0 Å². The van der Waals surface area contributed by atoms with Gasteiger partial charge in [0.1, 0.15) is 5.82 Å². The molecule has 0 saturated heterocycles. The number of urea groups is 1. The van der Waals surface area contributed by atoms with Crippen LogP contribution in [0.3, 0.4) is 0 Å². The van der Waals surface area contributed by atoms with Gasteiger partial charge < -0.3 is 16.8 Å². The standard InChI is InChI=1S/C12H13N5O2/c1-7-15-10(6-17(7)12(14)19)8-3-2-4-9(5-8)16-11(13)18/h2-6H,1H3,(H2,14,19)(H3,13,16,18). The van der Waals surface area contributed by atoms with Gasteiger partial charge in [-0.1, -0.05) is 12.1 Å². The predicted molar refractivity (Wildman–Crippen MR) is 70.6 cm³/mol. The molecule has 1 aromatic heterocycles. The molecule has 2 aromatic rings. The van der Waals surface area contributed by atoms with Crippen molar-refractivity contribution in [1.82, 2.24) is 9.55 Å². The van der Waals surface area contributed by atoms with Crippen LogP contribution in [-0.2, 0) is 0 Å². The number of benzene rings is 1. The average Bonchev–Trinajstić information content (AvgIpc) is 2.71. The average molecular weight is 259 g/mol. The van der Waals surface area contributed by atoms with E-state index in [9.17, 15) is 9.59 Å². The number of aromatic nitrogens is 2. The molecule has 3 amide bonds. The molecule has 2 rings (SSSR count). The highest BCUT2D eigenvalue weighted by atomic mass is 16.2. The van der Waals surface area contributed by atoms with Gasteiger partial charge in [0, 0.05) is 17.4 Å². The zero-order valence-corrected chi connectivity index (χ0v) is 10.3. The van der Waals surface area contributed by atoms with E-state index in [-0.39, 0.29) is 0 Å². The predicted octanol–water partition coefficient (Wildman–Crippen LogP) is 1.28. The summed E-state index contributed by atoms with van der Waals surface area (Å²) in [4.78, 5) is 26.2. The van der Waals surface area contributed by atoms with Gasteiger partial charge in [-0.15, -0.1) is 0 Å². The second-order valence-corrected chi connectivity index (χ2v) is 3.95. The van der Waals surface area contributed by atoms with Crippen molar-refractivity contribution < 1.29 is 9.59 Å². The lowest BCUT2D eigenvalue weighted by Gasteiger charge is -2.03. The summed E-state index contributed by atoms with van der Waals surface area (Å²) in [6.07, 6.45) is 1.54. The van der Waals surface area contributed by atoms with Gasteiger partial charge in [0.25, 0.3) is 0 Å². The molecule has 98 valence electrons. The SMILES string of the molecule is Cc1nc(-c2cccc(NC(N)=O)c2)cn1C(N)=O. The molecule has 5 N–H and O–H groups in total. The molecule has 0 aliphatic carbocycles. The lowest BCUT2D eigenvalue weighted by Crippen LogP contribution is -2.19. The van der Waals surface area contributed by atoms with E-state index in [1.54, 1.807) is 37.4 Å². The fourth-order valence-electron chi connectivity index (χ4n) is 1.73. The van der Waals surface area contributed by atoms with Gasteiger partial charge in [-0.3, -0.25) is 4.57 Å². The Hall–Kier alpha value is -2.83. The van der Waals surface area contributed by atoms with Gasteiger partial charge in [0.2, 0.25) is 0 Å². The van der Waals surface area contributed by atoms with Crippen LogP contribution >= 0.6 is 0 Å². The van der Waals surface area contributed by atoms with Gasteiger partial charge in [0.15, 0.2) is 0 Å². The zero-order valence-electron chi connectivity index (χ0n) is 10.3. The first kappa shape index (κ1) is 12.6. The molecule has 0 bridgehead atoms. The summed E-state index contributed by atoms with van der Waals surface area (Å²) in [5.41, 5.74) is 12.1. The third-order valence-corrected chi connectivity index (χ3v) is 2.55. The number of rotatable bonds is 2. The number of amides is 3. The van der Waals surface area contributed by atoms with Crippen LogP contribution in [0.1, 0.15) is 5.82 Å². The van der Waals surface area contributed by atoms with E-state index in [1.165, 1.54) is 4.57 Å². The van der Waals surface area contributed by atoms with E-state index in [4.69, 9.17) is 11.5 Å².